The standard InChI is InChI=1S/C29H27N3O2/c33-28(32-19-29(20-32)14-16-34-17-15-29)23-11-13-27-25(18-23)26(30-31-27)12-10-22-8-4-5-9-24(22)21-6-2-1-3-7-21/h1-13,18H,14-17,19-20H2,(H,30,31). The molecular formula is C29H27N3O2. The number of hydrogen-bond acceptors (Lipinski definition) is 3. The lowest BCUT2D eigenvalue weighted by Gasteiger charge is -2.52. The zero-order valence-electron chi connectivity index (χ0n) is 19.0. The Hall–Kier alpha value is -3.70. The number of benzene rings is 3. The fourth-order valence-corrected chi connectivity index (χ4v) is 5.20. The van der Waals surface area contributed by atoms with Crippen LogP contribution in [0.2, 0.25) is 0 Å². The average Bonchev–Trinajstić information content (AvgIpc) is 3.29. The van der Waals surface area contributed by atoms with Crippen molar-refractivity contribution in [3.05, 3.63) is 89.6 Å². The van der Waals surface area contributed by atoms with Crippen molar-refractivity contribution in [3.63, 3.8) is 0 Å². The van der Waals surface area contributed by atoms with E-state index in [1.807, 2.05) is 41.3 Å². The van der Waals surface area contributed by atoms with Gasteiger partial charge in [0, 0.05) is 42.7 Å². The number of carbonyl (C=O) groups excluding carboxylic acids is 1. The highest BCUT2D eigenvalue weighted by atomic mass is 16.5. The fraction of sp³-hybridized carbons (Fsp3) is 0.241. The second kappa shape index (κ2) is 8.58. The van der Waals surface area contributed by atoms with Crippen molar-refractivity contribution in [1.82, 2.24) is 15.1 Å². The van der Waals surface area contributed by atoms with Crippen LogP contribution >= 0.6 is 0 Å². The molecule has 170 valence electrons. The molecule has 3 aromatic carbocycles. The van der Waals surface area contributed by atoms with E-state index in [2.05, 4.69) is 58.7 Å². The van der Waals surface area contributed by atoms with Crippen LogP contribution in [-0.2, 0) is 4.74 Å². The topological polar surface area (TPSA) is 58.2 Å². The van der Waals surface area contributed by atoms with Gasteiger partial charge in [-0.25, -0.2) is 0 Å². The first kappa shape index (κ1) is 20.9. The highest BCUT2D eigenvalue weighted by Crippen LogP contribution is 2.40. The number of likely N-dealkylation sites (tertiary alicyclic amines) is 1. The molecule has 1 aromatic heterocycles. The summed E-state index contributed by atoms with van der Waals surface area (Å²) in [5.74, 6) is 0.101. The van der Waals surface area contributed by atoms with Crippen LogP contribution in [-0.4, -0.2) is 47.3 Å². The number of amides is 1. The molecule has 0 unspecified atom stereocenters. The number of aromatic nitrogens is 2. The van der Waals surface area contributed by atoms with Crippen molar-refractivity contribution in [1.29, 1.82) is 0 Å². The van der Waals surface area contributed by atoms with E-state index in [9.17, 15) is 4.79 Å². The Bertz CT molecular complexity index is 1360. The third-order valence-corrected chi connectivity index (χ3v) is 7.20. The number of carbonyl (C=O) groups is 1. The Morgan fingerprint density at radius 3 is 2.53 bits per heavy atom. The predicted octanol–water partition coefficient (Wildman–Crippen LogP) is 5.65. The van der Waals surface area contributed by atoms with Crippen molar-refractivity contribution in [3.8, 4) is 11.1 Å². The summed E-state index contributed by atoms with van der Waals surface area (Å²) in [6.45, 7) is 3.29. The van der Waals surface area contributed by atoms with Gasteiger partial charge in [-0.05, 0) is 53.8 Å². The number of rotatable bonds is 4. The van der Waals surface area contributed by atoms with Crippen LogP contribution in [0.1, 0.15) is 34.5 Å². The molecule has 0 atom stereocenters. The van der Waals surface area contributed by atoms with Gasteiger partial charge in [0.15, 0.2) is 0 Å². The largest absolute Gasteiger partial charge is 0.381 e. The summed E-state index contributed by atoms with van der Waals surface area (Å²) >= 11 is 0. The van der Waals surface area contributed by atoms with Gasteiger partial charge in [0.2, 0.25) is 0 Å². The van der Waals surface area contributed by atoms with Crippen LogP contribution in [0, 0.1) is 5.41 Å². The molecule has 5 heteroatoms. The van der Waals surface area contributed by atoms with Crippen molar-refractivity contribution < 1.29 is 9.53 Å². The molecule has 6 rings (SSSR count). The molecule has 1 spiro atoms. The first-order chi connectivity index (χ1) is 16.7. The monoisotopic (exact) mass is 449 g/mol. The molecule has 2 aliphatic heterocycles. The minimum Gasteiger partial charge on any atom is -0.381 e. The fourth-order valence-electron chi connectivity index (χ4n) is 5.20. The molecule has 3 heterocycles. The summed E-state index contributed by atoms with van der Waals surface area (Å²) in [7, 11) is 0. The van der Waals surface area contributed by atoms with Crippen molar-refractivity contribution in [2.75, 3.05) is 26.3 Å². The van der Waals surface area contributed by atoms with Crippen molar-refractivity contribution in [2.45, 2.75) is 12.8 Å². The number of H-pyrrole nitrogens is 1. The van der Waals surface area contributed by atoms with Crippen LogP contribution in [0.5, 0.6) is 0 Å². The summed E-state index contributed by atoms with van der Waals surface area (Å²) in [5, 5.41) is 8.57. The molecule has 2 fully saturated rings. The maximum absolute atomic E-state index is 13.2. The summed E-state index contributed by atoms with van der Waals surface area (Å²) < 4.78 is 5.50. The van der Waals surface area contributed by atoms with Crippen LogP contribution < -0.4 is 0 Å². The van der Waals surface area contributed by atoms with Crippen molar-refractivity contribution in [2.24, 2.45) is 5.41 Å². The smallest absolute Gasteiger partial charge is 0.253 e. The number of nitrogens with one attached hydrogen (secondary N) is 1. The number of hydrogen-bond donors (Lipinski definition) is 1. The van der Waals surface area contributed by atoms with Gasteiger partial charge in [0.1, 0.15) is 0 Å². The zero-order chi connectivity index (χ0) is 23.0. The minimum atomic E-state index is 0.101. The average molecular weight is 450 g/mol. The first-order valence-corrected chi connectivity index (χ1v) is 11.9. The second-order valence-corrected chi connectivity index (χ2v) is 9.43. The molecule has 0 aliphatic carbocycles. The molecule has 1 N–H and O–H groups in total. The Kier molecular flexibility index (Phi) is 5.27. The third-order valence-electron chi connectivity index (χ3n) is 7.20. The van der Waals surface area contributed by atoms with Gasteiger partial charge in [-0.2, -0.15) is 5.10 Å². The molecule has 0 saturated carbocycles. The Morgan fingerprint density at radius 2 is 1.71 bits per heavy atom. The molecule has 34 heavy (non-hydrogen) atoms. The van der Waals surface area contributed by atoms with E-state index >= 15 is 0 Å². The summed E-state index contributed by atoms with van der Waals surface area (Å²) in [4.78, 5) is 15.1. The van der Waals surface area contributed by atoms with Gasteiger partial charge in [0.05, 0.1) is 11.2 Å². The zero-order valence-corrected chi connectivity index (χ0v) is 19.0. The van der Waals surface area contributed by atoms with Crippen LogP contribution in [0.15, 0.2) is 72.8 Å². The van der Waals surface area contributed by atoms with Crippen LogP contribution in [0.4, 0.5) is 0 Å². The Morgan fingerprint density at radius 1 is 0.941 bits per heavy atom. The molecule has 2 aliphatic rings. The normalized spacial score (nSPS) is 17.4. The van der Waals surface area contributed by atoms with E-state index in [0.29, 0.717) is 0 Å². The Labute approximate surface area is 199 Å². The molecule has 0 radical (unpaired) electrons. The van der Waals surface area contributed by atoms with Crippen molar-refractivity contribution >= 4 is 29.0 Å². The number of ether oxygens (including phenoxy) is 1. The van der Waals surface area contributed by atoms with E-state index in [1.54, 1.807) is 0 Å². The van der Waals surface area contributed by atoms with Gasteiger partial charge in [-0.15, -0.1) is 0 Å². The number of aromatic amines is 1. The van der Waals surface area contributed by atoms with Gasteiger partial charge >= 0.3 is 0 Å². The third kappa shape index (κ3) is 3.82. The predicted molar refractivity (Wildman–Crippen MR) is 135 cm³/mol. The number of nitrogens with zero attached hydrogens (tertiary/aromatic N) is 2. The van der Waals surface area contributed by atoms with E-state index in [-0.39, 0.29) is 11.3 Å². The molecule has 2 saturated heterocycles. The maximum Gasteiger partial charge on any atom is 0.253 e. The lowest BCUT2D eigenvalue weighted by Crippen LogP contribution is -2.60. The highest BCUT2D eigenvalue weighted by molar-refractivity contribution is 6.00. The summed E-state index contributed by atoms with van der Waals surface area (Å²) in [6, 6.07) is 24.5. The van der Waals surface area contributed by atoms with E-state index in [1.165, 1.54) is 11.1 Å². The number of fused-ring (bicyclic) bond motifs is 1. The molecule has 1 amide bonds. The van der Waals surface area contributed by atoms with E-state index in [0.717, 1.165) is 66.9 Å². The molecule has 5 nitrogen and oxygen atoms in total. The lowest BCUT2D eigenvalue weighted by atomic mass is 9.73. The molecule has 0 bridgehead atoms. The Balaban J connectivity index is 1.25. The maximum atomic E-state index is 13.2. The summed E-state index contributed by atoms with van der Waals surface area (Å²) in [5.41, 5.74) is 6.23. The highest BCUT2D eigenvalue weighted by Gasteiger charge is 2.45. The van der Waals surface area contributed by atoms with Gasteiger partial charge in [-0.1, -0.05) is 60.7 Å². The van der Waals surface area contributed by atoms with Gasteiger partial charge in [0.25, 0.3) is 5.91 Å². The lowest BCUT2D eigenvalue weighted by molar-refractivity contribution is -0.0666. The van der Waals surface area contributed by atoms with Crippen LogP contribution in [0.25, 0.3) is 34.2 Å². The second-order valence-electron chi connectivity index (χ2n) is 9.43. The van der Waals surface area contributed by atoms with Crippen LogP contribution in [0.3, 0.4) is 0 Å². The van der Waals surface area contributed by atoms with Gasteiger partial charge < -0.3 is 9.64 Å². The summed E-state index contributed by atoms with van der Waals surface area (Å²) in [6.07, 6.45) is 6.22. The molecule has 4 aromatic rings. The quantitative estimate of drug-likeness (QED) is 0.438. The van der Waals surface area contributed by atoms with Gasteiger partial charge in [-0.3, -0.25) is 9.89 Å². The minimum absolute atomic E-state index is 0.101. The van der Waals surface area contributed by atoms with E-state index in [4.69, 9.17) is 4.74 Å². The van der Waals surface area contributed by atoms with E-state index < -0.39 is 0 Å². The molecular weight excluding hydrogens is 422 g/mol. The SMILES string of the molecule is O=C(c1ccc2[nH]nc(C=Cc3ccccc3-c3ccccc3)c2c1)N1CC2(CCOCC2)C1. The first-order valence-electron chi connectivity index (χ1n) is 11.9.